The summed E-state index contributed by atoms with van der Waals surface area (Å²) in [7, 11) is 0. The third-order valence-electron chi connectivity index (χ3n) is 4.40. The molecular formula is C21H15NO3. The van der Waals surface area contributed by atoms with Gasteiger partial charge in [0.25, 0.3) is 0 Å². The number of anilines is 2. The summed E-state index contributed by atoms with van der Waals surface area (Å²) < 4.78 is 0. The topological polar surface area (TPSA) is 66.4 Å². The zero-order valence-corrected chi connectivity index (χ0v) is 13.5. The monoisotopic (exact) mass is 329 g/mol. The third-order valence-corrected chi connectivity index (χ3v) is 4.40. The number of phenols is 1. The summed E-state index contributed by atoms with van der Waals surface area (Å²) >= 11 is 0. The molecule has 1 aliphatic carbocycles. The van der Waals surface area contributed by atoms with Crippen LogP contribution in [0, 0.1) is 6.92 Å². The van der Waals surface area contributed by atoms with Crippen molar-refractivity contribution in [2.45, 2.75) is 6.92 Å². The van der Waals surface area contributed by atoms with Crippen molar-refractivity contribution in [2.24, 2.45) is 0 Å². The minimum absolute atomic E-state index is 0.0563. The van der Waals surface area contributed by atoms with E-state index in [-0.39, 0.29) is 28.4 Å². The summed E-state index contributed by atoms with van der Waals surface area (Å²) in [5, 5.41) is 13.7. The van der Waals surface area contributed by atoms with Gasteiger partial charge in [0.05, 0.1) is 11.3 Å². The summed E-state index contributed by atoms with van der Waals surface area (Å²) in [6.45, 7) is 1.99. The lowest BCUT2D eigenvalue weighted by molar-refractivity contribution is 0.0977. The molecule has 4 nitrogen and oxygen atoms in total. The van der Waals surface area contributed by atoms with E-state index >= 15 is 0 Å². The minimum Gasteiger partial charge on any atom is -0.505 e. The van der Waals surface area contributed by atoms with Gasteiger partial charge in [0.2, 0.25) is 0 Å². The first-order chi connectivity index (χ1) is 12.1. The van der Waals surface area contributed by atoms with E-state index in [1.807, 2.05) is 31.2 Å². The fourth-order valence-electron chi connectivity index (χ4n) is 3.06. The first kappa shape index (κ1) is 15.1. The molecule has 0 amide bonds. The molecule has 0 unspecified atom stereocenters. The Morgan fingerprint density at radius 3 is 2.08 bits per heavy atom. The van der Waals surface area contributed by atoms with Crippen LogP contribution in [0.15, 0.2) is 60.7 Å². The number of ketones is 2. The van der Waals surface area contributed by atoms with Crippen LogP contribution < -0.4 is 5.32 Å². The number of aromatic hydroxyl groups is 1. The number of hydrogen-bond acceptors (Lipinski definition) is 4. The van der Waals surface area contributed by atoms with Crippen LogP contribution >= 0.6 is 0 Å². The van der Waals surface area contributed by atoms with Crippen LogP contribution in [0.25, 0.3) is 0 Å². The highest BCUT2D eigenvalue weighted by Gasteiger charge is 2.32. The second-order valence-electron chi connectivity index (χ2n) is 6.08. The smallest absolute Gasteiger partial charge is 0.198 e. The molecule has 0 saturated heterocycles. The number of hydrogen-bond donors (Lipinski definition) is 2. The van der Waals surface area contributed by atoms with Gasteiger partial charge in [-0.2, -0.15) is 0 Å². The first-order valence-corrected chi connectivity index (χ1v) is 7.94. The van der Waals surface area contributed by atoms with E-state index in [9.17, 15) is 14.7 Å². The lowest BCUT2D eigenvalue weighted by atomic mass is 9.83. The molecule has 0 fully saturated rings. The van der Waals surface area contributed by atoms with Crippen molar-refractivity contribution in [3.63, 3.8) is 0 Å². The lowest BCUT2D eigenvalue weighted by Crippen LogP contribution is -2.21. The molecule has 0 heterocycles. The van der Waals surface area contributed by atoms with E-state index in [4.69, 9.17) is 0 Å². The molecule has 25 heavy (non-hydrogen) atoms. The third kappa shape index (κ3) is 2.39. The van der Waals surface area contributed by atoms with Crippen molar-refractivity contribution in [3.05, 3.63) is 88.5 Å². The Labute approximate surface area is 144 Å². The van der Waals surface area contributed by atoms with Crippen LogP contribution in [0.5, 0.6) is 5.75 Å². The molecule has 4 rings (SSSR count). The van der Waals surface area contributed by atoms with E-state index in [2.05, 4.69) is 5.32 Å². The maximum Gasteiger partial charge on any atom is 0.198 e. The van der Waals surface area contributed by atoms with Gasteiger partial charge in [-0.05, 0) is 31.2 Å². The van der Waals surface area contributed by atoms with E-state index in [1.165, 1.54) is 0 Å². The maximum atomic E-state index is 12.8. The second kappa shape index (κ2) is 5.60. The Hall–Kier alpha value is -3.40. The number of carbonyl (C=O) groups excluding carboxylic acids is 2. The van der Waals surface area contributed by atoms with Gasteiger partial charge in [-0.1, -0.05) is 42.0 Å². The van der Waals surface area contributed by atoms with E-state index in [0.717, 1.165) is 11.3 Å². The van der Waals surface area contributed by atoms with Crippen molar-refractivity contribution in [3.8, 4) is 5.75 Å². The van der Waals surface area contributed by atoms with Gasteiger partial charge in [0.15, 0.2) is 17.3 Å². The fourth-order valence-corrected chi connectivity index (χ4v) is 3.06. The molecule has 0 bridgehead atoms. The van der Waals surface area contributed by atoms with Gasteiger partial charge in [-0.25, -0.2) is 0 Å². The van der Waals surface area contributed by atoms with E-state index in [0.29, 0.717) is 16.8 Å². The van der Waals surface area contributed by atoms with Crippen LogP contribution in [-0.2, 0) is 0 Å². The Morgan fingerprint density at radius 1 is 0.760 bits per heavy atom. The molecule has 3 aromatic carbocycles. The molecule has 3 aromatic rings. The molecular weight excluding hydrogens is 314 g/mol. The predicted molar refractivity (Wildman–Crippen MR) is 95.9 cm³/mol. The molecule has 0 atom stereocenters. The van der Waals surface area contributed by atoms with Crippen molar-refractivity contribution >= 4 is 22.9 Å². The molecule has 0 aliphatic heterocycles. The summed E-state index contributed by atoms with van der Waals surface area (Å²) in [5.41, 5.74) is 3.29. The molecule has 0 radical (unpaired) electrons. The van der Waals surface area contributed by atoms with Gasteiger partial charge in [0, 0.05) is 22.4 Å². The Balaban J connectivity index is 1.81. The Kier molecular flexibility index (Phi) is 3.39. The quantitative estimate of drug-likeness (QED) is 0.540. The number of phenolic OH excluding ortho intramolecular Hbond substituents is 1. The average molecular weight is 329 g/mol. The second-order valence-corrected chi connectivity index (χ2v) is 6.08. The number of rotatable bonds is 2. The van der Waals surface area contributed by atoms with Gasteiger partial charge in [-0.15, -0.1) is 0 Å². The van der Waals surface area contributed by atoms with Crippen LogP contribution in [0.3, 0.4) is 0 Å². The zero-order valence-electron chi connectivity index (χ0n) is 13.5. The average Bonchev–Trinajstić information content (AvgIpc) is 2.63. The van der Waals surface area contributed by atoms with Crippen molar-refractivity contribution in [2.75, 3.05) is 5.32 Å². The predicted octanol–water partition coefficient (Wildman–Crippen LogP) is 4.22. The summed E-state index contributed by atoms with van der Waals surface area (Å²) in [4.78, 5) is 25.4. The molecule has 122 valence electrons. The van der Waals surface area contributed by atoms with Crippen LogP contribution in [0.1, 0.15) is 37.4 Å². The molecule has 0 aromatic heterocycles. The van der Waals surface area contributed by atoms with Crippen molar-refractivity contribution in [1.82, 2.24) is 0 Å². The van der Waals surface area contributed by atoms with E-state index < -0.39 is 0 Å². The summed E-state index contributed by atoms with van der Waals surface area (Å²) in [5.74, 6) is -0.788. The highest BCUT2D eigenvalue weighted by molar-refractivity contribution is 6.29. The van der Waals surface area contributed by atoms with Crippen LogP contribution in [0.2, 0.25) is 0 Å². The molecule has 1 aliphatic rings. The normalized spacial score (nSPS) is 12.5. The summed E-state index contributed by atoms with van der Waals surface area (Å²) in [6.07, 6.45) is 0. The summed E-state index contributed by atoms with van der Waals surface area (Å²) in [6, 6.07) is 17.5. The number of fused-ring (bicyclic) bond motifs is 2. The SMILES string of the molecule is Cc1ccc(Nc2ccc3c(c2O)C(=O)c2ccccc2C3=O)cc1. The molecule has 2 N–H and O–H groups in total. The standard InChI is InChI=1S/C21H15NO3/c1-12-6-8-13(9-7-12)22-17-11-10-16-18(21(17)25)20(24)15-5-3-2-4-14(15)19(16)23/h2-11,22,25H,1H3. The number of carbonyl (C=O) groups is 2. The first-order valence-electron chi connectivity index (χ1n) is 7.94. The van der Waals surface area contributed by atoms with Crippen LogP contribution in [0.4, 0.5) is 11.4 Å². The van der Waals surface area contributed by atoms with Gasteiger partial charge < -0.3 is 10.4 Å². The molecule has 0 spiro atoms. The molecule has 4 heteroatoms. The van der Waals surface area contributed by atoms with Gasteiger partial charge in [-0.3, -0.25) is 9.59 Å². The van der Waals surface area contributed by atoms with Crippen molar-refractivity contribution in [1.29, 1.82) is 0 Å². The van der Waals surface area contributed by atoms with Gasteiger partial charge >= 0.3 is 0 Å². The highest BCUT2D eigenvalue weighted by atomic mass is 16.3. The Morgan fingerprint density at radius 2 is 1.40 bits per heavy atom. The maximum absolute atomic E-state index is 12.8. The number of nitrogens with one attached hydrogen (secondary N) is 1. The Bertz CT molecular complexity index is 1020. The lowest BCUT2D eigenvalue weighted by Gasteiger charge is -2.20. The fraction of sp³-hybridized carbons (Fsp3) is 0.0476. The van der Waals surface area contributed by atoms with Gasteiger partial charge in [0.1, 0.15) is 0 Å². The highest BCUT2D eigenvalue weighted by Crippen LogP contribution is 2.38. The molecule has 0 saturated carbocycles. The number of benzene rings is 3. The number of aryl methyl sites for hydroxylation is 1. The van der Waals surface area contributed by atoms with E-state index in [1.54, 1.807) is 36.4 Å². The largest absolute Gasteiger partial charge is 0.505 e. The van der Waals surface area contributed by atoms with Crippen LogP contribution in [-0.4, -0.2) is 16.7 Å². The zero-order chi connectivity index (χ0) is 17.6. The van der Waals surface area contributed by atoms with Crippen molar-refractivity contribution < 1.29 is 14.7 Å². The minimum atomic E-state index is -0.338.